The van der Waals surface area contributed by atoms with E-state index in [1.807, 2.05) is 27.7 Å². The van der Waals surface area contributed by atoms with Crippen LogP contribution in [0.3, 0.4) is 0 Å². The van der Waals surface area contributed by atoms with Crippen LogP contribution in [0.15, 0.2) is 18.2 Å². The number of hydrogen-bond donors (Lipinski definition) is 0. The van der Waals surface area contributed by atoms with Crippen molar-refractivity contribution in [3.8, 4) is 0 Å². The van der Waals surface area contributed by atoms with Crippen LogP contribution >= 0.6 is 0 Å². The molecule has 0 aliphatic carbocycles. The average molecular weight is 238 g/mol. The van der Waals surface area contributed by atoms with Crippen molar-refractivity contribution in [3.63, 3.8) is 0 Å². The molecule has 1 rings (SSSR count). The fourth-order valence-corrected chi connectivity index (χ4v) is 1.39. The highest BCUT2D eigenvalue weighted by molar-refractivity contribution is 5.82. The number of Topliss-reactive ketones (excluding diaryl/α,β-unsaturated/α-hetero) is 1. The number of halogens is 1. The largest absolute Gasteiger partial charge is 0.368 e. The van der Waals surface area contributed by atoms with E-state index in [9.17, 15) is 9.18 Å². The van der Waals surface area contributed by atoms with Crippen molar-refractivity contribution < 1.29 is 13.9 Å². The summed E-state index contributed by atoms with van der Waals surface area (Å²) in [5.41, 5.74) is 1.33. The molecule has 94 valence electrons. The Morgan fingerprint density at radius 1 is 1.35 bits per heavy atom. The van der Waals surface area contributed by atoms with Crippen LogP contribution in [0.2, 0.25) is 0 Å². The van der Waals surface area contributed by atoms with Gasteiger partial charge in [0, 0.05) is 6.42 Å². The number of ether oxygens (including phenoxy) is 1. The lowest BCUT2D eigenvalue weighted by Gasteiger charge is -2.18. The first-order valence-corrected chi connectivity index (χ1v) is 5.68. The van der Waals surface area contributed by atoms with Gasteiger partial charge < -0.3 is 4.74 Å². The third-order valence-electron chi connectivity index (χ3n) is 2.36. The molecule has 0 saturated heterocycles. The van der Waals surface area contributed by atoms with Gasteiger partial charge in [-0.3, -0.25) is 4.79 Å². The first kappa shape index (κ1) is 13.8. The molecule has 0 spiro atoms. The van der Waals surface area contributed by atoms with Crippen molar-refractivity contribution in [2.75, 3.05) is 6.61 Å². The molecule has 0 N–H and O–H groups in total. The van der Waals surface area contributed by atoms with Crippen LogP contribution in [-0.2, 0) is 16.0 Å². The standard InChI is InChI=1S/C14H19FO2/c1-10-5-6-12(15)7-11(10)8-13(16)9-17-14(2,3)4/h5-7H,8-9H2,1-4H3. The highest BCUT2D eigenvalue weighted by atomic mass is 19.1. The molecule has 2 nitrogen and oxygen atoms in total. The van der Waals surface area contributed by atoms with Crippen LogP contribution in [0.4, 0.5) is 4.39 Å². The lowest BCUT2D eigenvalue weighted by atomic mass is 10.0. The van der Waals surface area contributed by atoms with Crippen molar-refractivity contribution in [1.82, 2.24) is 0 Å². The van der Waals surface area contributed by atoms with Gasteiger partial charge >= 0.3 is 0 Å². The minimum absolute atomic E-state index is 0.0337. The minimum atomic E-state index is -0.327. The van der Waals surface area contributed by atoms with Gasteiger partial charge in [-0.1, -0.05) is 6.07 Å². The Bertz CT molecular complexity index is 405. The van der Waals surface area contributed by atoms with E-state index in [4.69, 9.17) is 4.74 Å². The van der Waals surface area contributed by atoms with Crippen molar-refractivity contribution in [3.05, 3.63) is 35.1 Å². The third-order valence-corrected chi connectivity index (χ3v) is 2.36. The fourth-order valence-electron chi connectivity index (χ4n) is 1.39. The molecule has 1 aromatic carbocycles. The van der Waals surface area contributed by atoms with Gasteiger partial charge in [0.05, 0.1) is 5.60 Å². The quantitative estimate of drug-likeness (QED) is 0.805. The molecule has 0 aliphatic rings. The molecule has 0 atom stereocenters. The van der Waals surface area contributed by atoms with Crippen molar-refractivity contribution >= 4 is 5.78 Å². The van der Waals surface area contributed by atoms with Gasteiger partial charge in [0.15, 0.2) is 5.78 Å². The maximum Gasteiger partial charge on any atom is 0.162 e. The Morgan fingerprint density at radius 2 is 2.00 bits per heavy atom. The molecule has 0 saturated carbocycles. The van der Waals surface area contributed by atoms with Gasteiger partial charge in [0.2, 0.25) is 0 Å². The summed E-state index contributed by atoms with van der Waals surface area (Å²) in [5, 5.41) is 0. The second-order valence-corrected chi connectivity index (χ2v) is 5.19. The molecule has 3 heteroatoms. The predicted octanol–water partition coefficient (Wildman–Crippen LogP) is 3.06. The van der Waals surface area contributed by atoms with E-state index in [1.54, 1.807) is 6.07 Å². The highest BCUT2D eigenvalue weighted by Crippen LogP contribution is 2.12. The van der Waals surface area contributed by atoms with E-state index < -0.39 is 0 Å². The summed E-state index contributed by atoms with van der Waals surface area (Å²) in [5.74, 6) is -0.344. The van der Waals surface area contributed by atoms with Crippen molar-refractivity contribution in [2.45, 2.75) is 39.7 Å². The SMILES string of the molecule is Cc1ccc(F)cc1CC(=O)COC(C)(C)C. The summed E-state index contributed by atoms with van der Waals surface area (Å²) in [6.07, 6.45) is 0.222. The van der Waals surface area contributed by atoms with Crippen LogP contribution in [-0.4, -0.2) is 18.0 Å². The lowest BCUT2D eigenvalue weighted by Crippen LogP contribution is -2.24. The molecular formula is C14H19FO2. The Kier molecular flexibility index (Phi) is 4.40. The Labute approximate surface area is 102 Å². The number of ketones is 1. The van der Waals surface area contributed by atoms with Crippen LogP contribution in [0.5, 0.6) is 0 Å². The van der Waals surface area contributed by atoms with E-state index in [0.717, 1.165) is 11.1 Å². The van der Waals surface area contributed by atoms with Crippen LogP contribution in [0, 0.1) is 12.7 Å². The van der Waals surface area contributed by atoms with Crippen molar-refractivity contribution in [2.24, 2.45) is 0 Å². The normalized spacial score (nSPS) is 11.6. The molecular weight excluding hydrogens is 219 g/mol. The topological polar surface area (TPSA) is 26.3 Å². The van der Waals surface area contributed by atoms with Gasteiger partial charge in [-0.15, -0.1) is 0 Å². The molecule has 0 radical (unpaired) electrons. The predicted molar refractivity (Wildman–Crippen MR) is 65.6 cm³/mol. The number of rotatable bonds is 4. The fraction of sp³-hybridized carbons (Fsp3) is 0.500. The number of benzene rings is 1. The van der Waals surface area contributed by atoms with E-state index in [1.165, 1.54) is 12.1 Å². The van der Waals surface area contributed by atoms with Gasteiger partial charge in [0.1, 0.15) is 12.4 Å². The van der Waals surface area contributed by atoms with Crippen LogP contribution in [0.25, 0.3) is 0 Å². The molecule has 0 aromatic heterocycles. The maximum absolute atomic E-state index is 13.0. The second kappa shape index (κ2) is 5.41. The third kappa shape index (κ3) is 5.09. The van der Waals surface area contributed by atoms with Gasteiger partial charge in [0.25, 0.3) is 0 Å². The van der Waals surface area contributed by atoms with E-state index in [2.05, 4.69) is 0 Å². The summed E-state index contributed by atoms with van der Waals surface area (Å²) in [7, 11) is 0. The minimum Gasteiger partial charge on any atom is -0.368 e. The molecule has 0 unspecified atom stereocenters. The number of aryl methyl sites for hydroxylation is 1. The molecule has 17 heavy (non-hydrogen) atoms. The van der Waals surface area contributed by atoms with Gasteiger partial charge in [-0.2, -0.15) is 0 Å². The monoisotopic (exact) mass is 238 g/mol. The van der Waals surface area contributed by atoms with Crippen LogP contribution in [0.1, 0.15) is 31.9 Å². The number of carbonyl (C=O) groups is 1. The molecule has 0 heterocycles. The Morgan fingerprint density at radius 3 is 2.59 bits per heavy atom. The molecule has 0 fully saturated rings. The summed E-state index contributed by atoms with van der Waals surface area (Å²) in [6.45, 7) is 7.63. The molecule has 0 aliphatic heterocycles. The van der Waals surface area contributed by atoms with Crippen LogP contribution < -0.4 is 0 Å². The summed E-state index contributed by atoms with van der Waals surface area (Å²) < 4.78 is 18.4. The van der Waals surface area contributed by atoms with E-state index >= 15 is 0 Å². The van der Waals surface area contributed by atoms with Gasteiger partial charge in [-0.25, -0.2) is 4.39 Å². The zero-order chi connectivity index (χ0) is 13.1. The summed E-state index contributed by atoms with van der Waals surface area (Å²) in [6, 6.07) is 4.49. The zero-order valence-electron chi connectivity index (χ0n) is 10.8. The van der Waals surface area contributed by atoms with Crippen molar-refractivity contribution in [1.29, 1.82) is 0 Å². The molecule has 0 amide bonds. The summed E-state index contributed by atoms with van der Waals surface area (Å²) in [4.78, 5) is 11.7. The Hall–Kier alpha value is -1.22. The zero-order valence-corrected chi connectivity index (χ0v) is 10.8. The molecule has 0 bridgehead atoms. The van der Waals surface area contributed by atoms with Gasteiger partial charge in [-0.05, 0) is 51.0 Å². The maximum atomic E-state index is 13.0. The first-order valence-electron chi connectivity index (χ1n) is 5.68. The first-order chi connectivity index (χ1) is 7.78. The summed E-state index contributed by atoms with van der Waals surface area (Å²) >= 11 is 0. The van der Waals surface area contributed by atoms with E-state index in [0.29, 0.717) is 0 Å². The number of carbonyl (C=O) groups excluding carboxylic acids is 1. The van der Waals surface area contributed by atoms with E-state index in [-0.39, 0.29) is 30.2 Å². The average Bonchev–Trinajstić information content (AvgIpc) is 2.20. The smallest absolute Gasteiger partial charge is 0.162 e. The Balaban J connectivity index is 2.59. The highest BCUT2D eigenvalue weighted by Gasteiger charge is 2.14. The molecule has 1 aromatic rings. The lowest BCUT2D eigenvalue weighted by molar-refractivity contribution is -0.127. The number of hydrogen-bond acceptors (Lipinski definition) is 2. The second-order valence-electron chi connectivity index (χ2n) is 5.19.